The van der Waals surface area contributed by atoms with Gasteiger partial charge in [0.05, 0.1) is 5.75 Å². The molecule has 132 valence electrons. The zero-order valence-electron chi connectivity index (χ0n) is 13.8. The second-order valence-electron chi connectivity index (χ2n) is 5.87. The predicted octanol–water partition coefficient (Wildman–Crippen LogP) is 1.25. The lowest BCUT2D eigenvalue weighted by Crippen LogP contribution is -2.53. The van der Waals surface area contributed by atoms with Gasteiger partial charge in [-0.25, -0.2) is 8.42 Å². The highest BCUT2D eigenvalue weighted by molar-refractivity contribution is 7.89. The summed E-state index contributed by atoms with van der Waals surface area (Å²) in [5.41, 5.74) is 5.75. The quantitative estimate of drug-likeness (QED) is 0.685. The molecule has 1 atom stereocenters. The minimum Gasteiger partial charge on any atom is -0.353 e. The fraction of sp³-hybridized carbons (Fsp3) is 0.929. The molecule has 0 aliphatic carbocycles. The van der Waals surface area contributed by atoms with Crippen LogP contribution < -0.4 is 11.1 Å². The number of hydrogen-bond donors (Lipinski definition) is 2. The molecule has 22 heavy (non-hydrogen) atoms. The van der Waals surface area contributed by atoms with Crippen molar-refractivity contribution in [3.8, 4) is 0 Å². The summed E-state index contributed by atoms with van der Waals surface area (Å²) >= 11 is 0. The molecule has 0 spiro atoms. The SMILES string of the molecule is CCCS(=O)(=O)N1CCCC1C(=O)NCC(N)(CC)CC.Cl. The van der Waals surface area contributed by atoms with Gasteiger partial charge in [0.1, 0.15) is 6.04 Å². The van der Waals surface area contributed by atoms with E-state index >= 15 is 0 Å². The van der Waals surface area contributed by atoms with Crippen molar-refractivity contribution < 1.29 is 13.2 Å². The maximum absolute atomic E-state index is 12.3. The summed E-state index contributed by atoms with van der Waals surface area (Å²) in [6, 6.07) is -0.570. The number of rotatable bonds is 8. The molecule has 1 amide bonds. The molecule has 1 unspecified atom stereocenters. The highest BCUT2D eigenvalue weighted by Gasteiger charge is 2.38. The van der Waals surface area contributed by atoms with Crippen molar-refractivity contribution in [2.45, 2.75) is 64.5 Å². The van der Waals surface area contributed by atoms with Crippen LogP contribution in [0.25, 0.3) is 0 Å². The van der Waals surface area contributed by atoms with Gasteiger partial charge in [-0.05, 0) is 32.1 Å². The minimum absolute atomic E-state index is 0. The Hall–Kier alpha value is -0.370. The number of sulfonamides is 1. The molecule has 0 radical (unpaired) electrons. The average molecular weight is 356 g/mol. The molecule has 0 aromatic carbocycles. The van der Waals surface area contributed by atoms with Crippen molar-refractivity contribution in [3.05, 3.63) is 0 Å². The first-order valence-corrected chi connectivity index (χ1v) is 9.46. The summed E-state index contributed by atoms with van der Waals surface area (Å²) in [4.78, 5) is 12.3. The van der Waals surface area contributed by atoms with Gasteiger partial charge >= 0.3 is 0 Å². The normalized spacial score (nSPS) is 19.7. The summed E-state index contributed by atoms with van der Waals surface area (Å²) in [7, 11) is -3.33. The van der Waals surface area contributed by atoms with E-state index in [1.807, 2.05) is 20.8 Å². The summed E-state index contributed by atoms with van der Waals surface area (Å²) < 4.78 is 25.7. The third-order valence-electron chi connectivity index (χ3n) is 4.35. The second-order valence-corrected chi connectivity index (χ2v) is 7.91. The van der Waals surface area contributed by atoms with Crippen molar-refractivity contribution in [3.63, 3.8) is 0 Å². The van der Waals surface area contributed by atoms with Crippen LogP contribution in [-0.4, -0.2) is 49.1 Å². The molecule has 3 N–H and O–H groups in total. The van der Waals surface area contributed by atoms with Gasteiger partial charge in [0.25, 0.3) is 0 Å². The van der Waals surface area contributed by atoms with E-state index in [2.05, 4.69) is 5.32 Å². The van der Waals surface area contributed by atoms with E-state index < -0.39 is 21.6 Å². The summed E-state index contributed by atoms with van der Waals surface area (Å²) in [6.07, 6.45) is 3.42. The third kappa shape index (κ3) is 5.37. The molecule has 6 nitrogen and oxygen atoms in total. The molecule has 0 bridgehead atoms. The number of halogens is 1. The first-order valence-electron chi connectivity index (χ1n) is 7.85. The Labute approximate surface area is 140 Å². The standard InChI is InChI=1S/C14H29N3O3S.ClH/c1-4-10-21(19,20)17-9-7-8-12(17)13(18)16-11-14(15,5-2)6-3;/h12H,4-11,15H2,1-3H3,(H,16,18);1H. The fourth-order valence-corrected chi connectivity index (χ4v) is 4.34. The lowest BCUT2D eigenvalue weighted by Gasteiger charge is -2.29. The maximum atomic E-state index is 12.3. The Morgan fingerprint density at radius 2 is 1.91 bits per heavy atom. The second kappa shape index (κ2) is 9.05. The van der Waals surface area contributed by atoms with E-state index in [1.165, 1.54) is 4.31 Å². The number of nitrogens with two attached hydrogens (primary N) is 1. The highest BCUT2D eigenvalue weighted by Crippen LogP contribution is 2.22. The van der Waals surface area contributed by atoms with Gasteiger partial charge in [0.15, 0.2) is 0 Å². The summed E-state index contributed by atoms with van der Waals surface area (Å²) in [6.45, 7) is 6.63. The van der Waals surface area contributed by atoms with Crippen LogP contribution in [0.3, 0.4) is 0 Å². The van der Waals surface area contributed by atoms with Crippen LogP contribution in [0.5, 0.6) is 0 Å². The Morgan fingerprint density at radius 3 is 2.41 bits per heavy atom. The van der Waals surface area contributed by atoms with Crippen molar-refractivity contribution in [1.82, 2.24) is 9.62 Å². The van der Waals surface area contributed by atoms with Gasteiger partial charge in [-0.1, -0.05) is 20.8 Å². The monoisotopic (exact) mass is 355 g/mol. The first-order chi connectivity index (χ1) is 9.79. The number of carbonyl (C=O) groups is 1. The highest BCUT2D eigenvalue weighted by atomic mass is 35.5. The fourth-order valence-electron chi connectivity index (χ4n) is 2.59. The zero-order chi connectivity index (χ0) is 16.1. The topological polar surface area (TPSA) is 92.5 Å². The van der Waals surface area contributed by atoms with Crippen LogP contribution in [-0.2, 0) is 14.8 Å². The van der Waals surface area contributed by atoms with E-state index in [-0.39, 0.29) is 24.1 Å². The van der Waals surface area contributed by atoms with Gasteiger partial charge in [-0.2, -0.15) is 4.31 Å². The predicted molar refractivity (Wildman–Crippen MR) is 91.6 cm³/mol. The van der Waals surface area contributed by atoms with Crippen LogP contribution in [0.4, 0.5) is 0 Å². The van der Waals surface area contributed by atoms with E-state index in [1.54, 1.807) is 0 Å². The van der Waals surface area contributed by atoms with Gasteiger partial charge in [0, 0.05) is 18.6 Å². The molecule has 0 aromatic heterocycles. The van der Waals surface area contributed by atoms with Gasteiger partial charge < -0.3 is 11.1 Å². The Balaban J connectivity index is 0.00000441. The van der Waals surface area contributed by atoms with E-state index in [0.29, 0.717) is 25.9 Å². The van der Waals surface area contributed by atoms with Crippen molar-refractivity contribution in [1.29, 1.82) is 0 Å². The van der Waals surface area contributed by atoms with Crippen LogP contribution in [0.2, 0.25) is 0 Å². The lowest BCUT2D eigenvalue weighted by molar-refractivity contribution is -0.124. The number of hydrogen-bond acceptors (Lipinski definition) is 4. The molecule has 1 rings (SSSR count). The maximum Gasteiger partial charge on any atom is 0.238 e. The smallest absolute Gasteiger partial charge is 0.238 e. The lowest BCUT2D eigenvalue weighted by atomic mass is 9.94. The van der Waals surface area contributed by atoms with Crippen LogP contribution >= 0.6 is 12.4 Å². The number of amides is 1. The molecular weight excluding hydrogens is 326 g/mol. The van der Waals surface area contributed by atoms with Crippen molar-refractivity contribution in [2.75, 3.05) is 18.8 Å². The van der Waals surface area contributed by atoms with Crippen LogP contribution in [0.15, 0.2) is 0 Å². The van der Waals surface area contributed by atoms with Crippen LogP contribution in [0, 0.1) is 0 Å². The Morgan fingerprint density at radius 1 is 1.32 bits per heavy atom. The summed E-state index contributed by atoms with van der Waals surface area (Å²) in [5.74, 6) is -0.120. The molecule has 1 saturated heterocycles. The molecule has 0 saturated carbocycles. The molecule has 0 aromatic rings. The van der Waals surface area contributed by atoms with Gasteiger partial charge in [-0.15, -0.1) is 12.4 Å². The van der Waals surface area contributed by atoms with Crippen LogP contribution in [0.1, 0.15) is 52.9 Å². The summed E-state index contributed by atoms with van der Waals surface area (Å²) in [5, 5.41) is 2.84. The zero-order valence-corrected chi connectivity index (χ0v) is 15.4. The third-order valence-corrected chi connectivity index (χ3v) is 6.42. The van der Waals surface area contributed by atoms with Crippen molar-refractivity contribution >= 4 is 28.3 Å². The average Bonchev–Trinajstić information content (AvgIpc) is 2.94. The Kier molecular flexibility index (Phi) is 8.90. The Bertz CT molecular complexity index is 452. The number of nitrogens with zero attached hydrogens (tertiary/aromatic N) is 1. The number of carbonyl (C=O) groups excluding carboxylic acids is 1. The molecule has 1 aliphatic heterocycles. The molecular formula is C14H30ClN3O3S. The van der Waals surface area contributed by atoms with E-state index in [4.69, 9.17) is 5.73 Å². The molecule has 1 fully saturated rings. The van der Waals surface area contributed by atoms with E-state index in [9.17, 15) is 13.2 Å². The van der Waals surface area contributed by atoms with Crippen molar-refractivity contribution in [2.24, 2.45) is 5.73 Å². The largest absolute Gasteiger partial charge is 0.353 e. The minimum atomic E-state index is -3.33. The van der Waals surface area contributed by atoms with Gasteiger partial charge in [0.2, 0.25) is 15.9 Å². The van der Waals surface area contributed by atoms with Gasteiger partial charge in [-0.3, -0.25) is 4.79 Å². The number of nitrogens with one attached hydrogen (secondary N) is 1. The first kappa shape index (κ1) is 21.6. The molecule has 1 heterocycles. The molecule has 1 aliphatic rings. The molecule has 8 heteroatoms. The van der Waals surface area contributed by atoms with E-state index in [0.717, 1.165) is 19.3 Å².